The van der Waals surface area contributed by atoms with E-state index in [0.29, 0.717) is 5.92 Å². The summed E-state index contributed by atoms with van der Waals surface area (Å²) in [6.07, 6.45) is 2.71. The van der Waals surface area contributed by atoms with Gasteiger partial charge in [0.25, 0.3) is 5.91 Å². The van der Waals surface area contributed by atoms with Crippen LogP contribution in [0, 0.1) is 0 Å². The van der Waals surface area contributed by atoms with E-state index in [4.69, 9.17) is 4.74 Å². The molecule has 132 valence electrons. The van der Waals surface area contributed by atoms with Crippen LogP contribution in [0.15, 0.2) is 48.7 Å². The Morgan fingerprint density at radius 2 is 2.08 bits per heavy atom. The van der Waals surface area contributed by atoms with Gasteiger partial charge < -0.3 is 15.0 Å². The van der Waals surface area contributed by atoms with Gasteiger partial charge in [-0.2, -0.15) is 0 Å². The third-order valence-electron chi connectivity index (χ3n) is 4.44. The van der Waals surface area contributed by atoms with Crippen LogP contribution in [0.5, 0.6) is 5.75 Å². The second kappa shape index (κ2) is 8.01. The highest BCUT2D eigenvalue weighted by Gasteiger charge is 2.24. The van der Waals surface area contributed by atoms with Gasteiger partial charge in [-0.25, -0.2) is 4.98 Å². The Balaban J connectivity index is 1.44. The molecule has 0 aliphatic carbocycles. The van der Waals surface area contributed by atoms with Gasteiger partial charge in [0.1, 0.15) is 11.6 Å². The van der Waals surface area contributed by atoms with Crippen molar-refractivity contribution in [3.63, 3.8) is 0 Å². The van der Waals surface area contributed by atoms with Crippen LogP contribution in [0.1, 0.15) is 31.7 Å². The zero-order valence-corrected chi connectivity index (χ0v) is 14.8. The number of rotatable bonds is 6. The Morgan fingerprint density at radius 3 is 2.76 bits per heavy atom. The minimum Gasteiger partial charge on any atom is -0.484 e. The maximum absolute atomic E-state index is 12.1. The lowest BCUT2D eigenvalue weighted by molar-refractivity contribution is -0.123. The lowest BCUT2D eigenvalue weighted by Crippen LogP contribution is -2.39. The van der Waals surface area contributed by atoms with Crippen LogP contribution in [-0.4, -0.2) is 36.6 Å². The van der Waals surface area contributed by atoms with Crippen molar-refractivity contribution < 1.29 is 9.53 Å². The molecule has 2 aromatic rings. The lowest BCUT2D eigenvalue weighted by atomic mass is 10.0. The summed E-state index contributed by atoms with van der Waals surface area (Å²) >= 11 is 0. The second-order valence-electron chi connectivity index (χ2n) is 6.70. The summed E-state index contributed by atoms with van der Waals surface area (Å²) in [6, 6.07) is 13.9. The zero-order valence-electron chi connectivity index (χ0n) is 14.8. The van der Waals surface area contributed by atoms with Crippen molar-refractivity contribution in [2.24, 2.45) is 0 Å². The van der Waals surface area contributed by atoms with E-state index in [-0.39, 0.29) is 18.6 Å². The number of anilines is 1. The molecule has 25 heavy (non-hydrogen) atoms. The first-order valence-corrected chi connectivity index (χ1v) is 8.80. The number of carbonyl (C=O) groups excluding carboxylic acids is 1. The fourth-order valence-corrected chi connectivity index (χ4v) is 2.99. The van der Waals surface area contributed by atoms with Crippen LogP contribution >= 0.6 is 0 Å². The third kappa shape index (κ3) is 4.72. The minimum absolute atomic E-state index is 0.0428. The fraction of sp³-hybridized carbons (Fsp3) is 0.400. The molecule has 2 heterocycles. The number of carbonyl (C=O) groups is 1. The van der Waals surface area contributed by atoms with E-state index in [2.05, 4.69) is 29.0 Å². The topological polar surface area (TPSA) is 54.5 Å². The van der Waals surface area contributed by atoms with Gasteiger partial charge in [0.15, 0.2) is 6.61 Å². The monoisotopic (exact) mass is 339 g/mol. The smallest absolute Gasteiger partial charge is 0.258 e. The van der Waals surface area contributed by atoms with Gasteiger partial charge in [-0.3, -0.25) is 4.79 Å². The maximum Gasteiger partial charge on any atom is 0.258 e. The third-order valence-corrected chi connectivity index (χ3v) is 4.44. The van der Waals surface area contributed by atoms with E-state index >= 15 is 0 Å². The molecule has 0 saturated carbocycles. The van der Waals surface area contributed by atoms with Crippen LogP contribution in [0.25, 0.3) is 0 Å². The molecule has 0 spiro atoms. The number of nitrogens with zero attached hydrogens (tertiary/aromatic N) is 2. The largest absolute Gasteiger partial charge is 0.484 e. The van der Waals surface area contributed by atoms with Crippen LogP contribution in [0.3, 0.4) is 0 Å². The second-order valence-corrected chi connectivity index (χ2v) is 6.70. The number of amides is 1. The van der Waals surface area contributed by atoms with Crippen molar-refractivity contribution >= 4 is 11.7 Å². The van der Waals surface area contributed by atoms with Crippen molar-refractivity contribution in [3.05, 3.63) is 54.2 Å². The molecule has 1 atom stereocenters. The van der Waals surface area contributed by atoms with Crippen molar-refractivity contribution in [1.82, 2.24) is 10.3 Å². The molecule has 1 fully saturated rings. The van der Waals surface area contributed by atoms with Crippen LogP contribution in [-0.2, 0) is 4.79 Å². The number of aromatic nitrogens is 1. The number of hydrogen-bond donors (Lipinski definition) is 1. The molecule has 3 rings (SSSR count). The fourth-order valence-electron chi connectivity index (χ4n) is 2.99. The van der Waals surface area contributed by atoms with Gasteiger partial charge in [-0.1, -0.05) is 32.0 Å². The molecule has 1 aliphatic rings. The molecule has 1 aromatic carbocycles. The van der Waals surface area contributed by atoms with Gasteiger partial charge in [-0.05, 0) is 42.2 Å². The summed E-state index contributed by atoms with van der Waals surface area (Å²) in [5.41, 5.74) is 1.26. The van der Waals surface area contributed by atoms with Crippen LogP contribution in [0.2, 0.25) is 0 Å². The van der Waals surface area contributed by atoms with Crippen molar-refractivity contribution in [1.29, 1.82) is 0 Å². The zero-order chi connectivity index (χ0) is 17.6. The predicted octanol–water partition coefficient (Wildman–Crippen LogP) is 2.98. The molecule has 1 amide bonds. The number of benzene rings is 1. The molecule has 1 saturated heterocycles. The first-order valence-electron chi connectivity index (χ1n) is 8.80. The first-order chi connectivity index (χ1) is 12.1. The van der Waals surface area contributed by atoms with Gasteiger partial charge >= 0.3 is 0 Å². The van der Waals surface area contributed by atoms with E-state index in [1.807, 2.05) is 42.5 Å². The quantitative estimate of drug-likeness (QED) is 0.879. The number of nitrogens with one attached hydrogen (secondary N) is 1. The van der Waals surface area contributed by atoms with E-state index in [9.17, 15) is 4.79 Å². The van der Waals surface area contributed by atoms with Crippen molar-refractivity contribution in [3.8, 4) is 5.75 Å². The highest BCUT2D eigenvalue weighted by molar-refractivity contribution is 5.78. The lowest BCUT2D eigenvalue weighted by Gasteiger charge is -2.17. The van der Waals surface area contributed by atoms with Gasteiger partial charge in [0.2, 0.25) is 0 Å². The Morgan fingerprint density at radius 1 is 1.28 bits per heavy atom. The Hall–Kier alpha value is -2.56. The summed E-state index contributed by atoms with van der Waals surface area (Å²) < 4.78 is 5.59. The Bertz CT molecular complexity index is 686. The first kappa shape index (κ1) is 17.3. The summed E-state index contributed by atoms with van der Waals surface area (Å²) in [7, 11) is 0. The highest BCUT2D eigenvalue weighted by atomic mass is 16.5. The van der Waals surface area contributed by atoms with Crippen molar-refractivity contribution in [2.45, 2.75) is 32.2 Å². The number of hydrogen-bond acceptors (Lipinski definition) is 4. The molecule has 1 aromatic heterocycles. The average molecular weight is 339 g/mol. The minimum atomic E-state index is -0.0826. The van der Waals surface area contributed by atoms with Crippen LogP contribution < -0.4 is 15.0 Å². The molecule has 0 radical (unpaired) electrons. The van der Waals surface area contributed by atoms with E-state index in [0.717, 1.165) is 31.1 Å². The average Bonchev–Trinajstić information content (AvgIpc) is 3.09. The van der Waals surface area contributed by atoms with Gasteiger partial charge in [-0.15, -0.1) is 0 Å². The summed E-state index contributed by atoms with van der Waals surface area (Å²) in [6.45, 7) is 6.03. The van der Waals surface area contributed by atoms with Crippen molar-refractivity contribution in [2.75, 3.05) is 24.6 Å². The molecule has 1 aliphatic heterocycles. The molecule has 5 nitrogen and oxygen atoms in total. The van der Waals surface area contributed by atoms with Gasteiger partial charge in [0, 0.05) is 25.3 Å². The Kier molecular flexibility index (Phi) is 5.53. The SMILES string of the molecule is CC(C)c1ccc(OCC(=O)N[C@@H]2CCN(c3ccccn3)C2)cc1. The number of pyridine rings is 1. The standard InChI is InChI=1S/C20H25N3O2/c1-15(2)16-6-8-18(9-7-16)25-14-20(24)22-17-10-12-23(13-17)19-5-3-4-11-21-19/h3-9,11,15,17H,10,12-14H2,1-2H3,(H,22,24)/t17-/m1/s1. The molecular formula is C20H25N3O2. The van der Waals surface area contributed by atoms with Gasteiger partial charge in [0.05, 0.1) is 0 Å². The highest BCUT2D eigenvalue weighted by Crippen LogP contribution is 2.19. The molecule has 1 N–H and O–H groups in total. The summed E-state index contributed by atoms with van der Waals surface area (Å²) in [5, 5.41) is 3.05. The maximum atomic E-state index is 12.1. The Labute approximate surface area is 149 Å². The van der Waals surface area contributed by atoms with E-state index < -0.39 is 0 Å². The normalized spacial score (nSPS) is 16.9. The predicted molar refractivity (Wildman–Crippen MR) is 99.0 cm³/mol. The molecular weight excluding hydrogens is 314 g/mol. The molecule has 5 heteroatoms. The van der Waals surface area contributed by atoms with E-state index in [1.165, 1.54) is 5.56 Å². The summed E-state index contributed by atoms with van der Waals surface area (Å²) in [5.74, 6) is 2.09. The van der Waals surface area contributed by atoms with Crippen LogP contribution in [0.4, 0.5) is 5.82 Å². The van der Waals surface area contributed by atoms with E-state index in [1.54, 1.807) is 6.20 Å². The summed E-state index contributed by atoms with van der Waals surface area (Å²) in [4.78, 5) is 18.7. The molecule has 0 bridgehead atoms. The number of ether oxygens (including phenoxy) is 1. The molecule has 0 unspecified atom stereocenters.